The topological polar surface area (TPSA) is 66.5 Å². The number of nitrogens with zero attached hydrogens (tertiary/aromatic N) is 1. The number of aryl methyl sites for hydroxylation is 2. The fourth-order valence-corrected chi connectivity index (χ4v) is 4.41. The van der Waals surface area contributed by atoms with Crippen LogP contribution in [0.1, 0.15) is 51.2 Å². The van der Waals surface area contributed by atoms with Gasteiger partial charge in [0, 0.05) is 24.6 Å². The van der Waals surface area contributed by atoms with Crippen molar-refractivity contribution in [3.05, 3.63) is 29.3 Å². The van der Waals surface area contributed by atoms with Crippen LogP contribution in [0, 0.1) is 30.6 Å². The van der Waals surface area contributed by atoms with E-state index in [1.165, 1.54) is 4.90 Å². The molecule has 1 N–H and O–H groups in total. The predicted molar refractivity (Wildman–Crippen MR) is 100 cm³/mol. The van der Waals surface area contributed by atoms with E-state index in [0.29, 0.717) is 0 Å². The van der Waals surface area contributed by atoms with Crippen molar-refractivity contribution in [3.63, 3.8) is 0 Å². The molecule has 5 heteroatoms. The molecule has 0 radical (unpaired) electrons. The number of carbonyl (C=O) groups excluding carboxylic acids is 3. The summed E-state index contributed by atoms with van der Waals surface area (Å²) < 4.78 is 0. The quantitative estimate of drug-likeness (QED) is 0.841. The molecule has 140 valence electrons. The van der Waals surface area contributed by atoms with Crippen LogP contribution in [0.2, 0.25) is 0 Å². The summed E-state index contributed by atoms with van der Waals surface area (Å²) in [6.45, 7) is 10.1. The van der Waals surface area contributed by atoms with Gasteiger partial charge in [-0.05, 0) is 49.3 Å². The molecule has 2 fully saturated rings. The summed E-state index contributed by atoms with van der Waals surface area (Å²) in [6, 6.07) is 5.88. The molecule has 1 aromatic carbocycles. The molecule has 3 amide bonds. The molecular formula is C21H28N2O3. The Morgan fingerprint density at radius 1 is 1.23 bits per heavy atom. The molecule has 0 aromatic heterocycles. The Hall–Kier alpha value is -2.17. The Kier molecular flexibility index (Phi) is 4.45. The van der Waals surface area contributed by atoms with E-state index in [2.05, 4.69) is 5.32 Å². The van der Waals surface area contributed by atoms with Gasteiger partial charge in [0.1, 0.15) is 0 Å². The zero-order valence-corrected chi connectivity index (χ0v) is 16.3. The maximum Gasteiger partial charge on any atom is 0.235 e. The van der Waals surface area contributed by atoms with Crippen LogP contribution in [0.3, 0.4) is 0 Å². The second-order valence-corrected chi connectivity index (χ2v) is 8.56. The largest absolute Gasteiger partial charge is 0.326 e. The van der Waals surface area contributed by atoms with Crippen LogP contribution in [0.5, 0.6) is 0 Å². The van der Waals surface area contributed by atoms with Gasteiger partial charge in [0.25, 0.3) is 0 Å². The zero-order chi connectivity index (χ0) is 19.3. The standard InChI is InChI=1S/C21H28N2O3/c1-13-6-7-14(2)16(12-13)22-17(24)9-11-23-18(25)15-8-10-21(5,19(23)26)20(15,3)4/h6-7,12,15H,8-11H2,1-5H3,(H,22,24). The molecule has 2 aliphatic rings. The maximum atomic E-state index is 13.0. The number of hydrogen-bond donors (Lipinski definition) is 1. The first-order valence-corrected chi connectivity index (χ1v) is 9.31. The molecule has 1 saturated heterocycles. The molecule has 1 aliphatic heterocycles. The smallest absolute Gasteiger partial charge is 0.235 e. The molecule has 1 aromatic rings. The van der Waals surface area contributed by atoms with Gasteiger partial charge in [-0.1, -0.05) is 32.9 Å². The Morgan fingerprint density at radius 2 is 1.92 bits per heavy atom. The number of benzene rings is 1. The monoisotopic (exact) mass is 356 g/mol. The summed E-state index contributed by atoms with van der Waals surface area (Å²) in [4.78, 5) is 39.5. The number of imide groups is 1. The lowest BCUT2D eigenvalue weighted by atomic mass is 9.62. The van der Waals surface area contributed by atoms with Crippen molar-refractivity contribution in [2.45, 2.75) is 53.9 Å². The molecule has 5 nitrogen and oxygen atoms in total. The summed E-state index contributed by atoms with van der Waals surface area (Å²) >= 11 is 0. The van der Waals surface area contributed by atoms with Crippen LogP contribution in [0.25, 0.3) is 0 Å². The molecule has 1 aliphatic carbocycles. The molecule has 2 bridgehead atoms. The summed E-state index contributed by atoms with van der Waals surface area (Å²) in [5, 5.41) is 2.90. The highest BCUT2D eigenvalue weighted by molar-refractivity contribution is 6.04. The lowest BCUT2D eigenvalue weighted by molar-refractivity contribution is -0.167. The van der Waals surface area contributed by atoms with Gasteiger partial charge in [0.05, 0.1) is 5.41 Å². The van der Waals surface area contributed by atoms with Crippen LogP contribution >= 0.6 is 0 Å². The second-order valence-electron chi connectivity index (χ2n) is 8.56. The summed E-state index contributed by atoms with van der Waals surface area (Å²) in [7, 11) is 0. The second kappa shape index (κ2) is 6.22. The number of fused-ring (bicyclic) bond motifs is 2. The lowest BCUT2D eigenvalue weighted by Gasteiger charge is -2.47. The minimum absolute atomic E-state index is 0.116. The van der Waals surface area contributed by atoms with Crippen molar-refractivity contribution >= 4 is 23.4 Å². The normalized spacial score (nSPS) is 27.0. The molecule has 0 spiro atoms. The molecule has 26 heavy (non-hydrogen) atoms. The number of anilines is 1. The van der Waals surface area contributed by atoms with Crippen molar-refractivity contribution in [2.24, 2.45) is 16.7 Å². The van der Waals surface area contributed by atoms with E-state index in [-0.39, 0.29) is 42.0 Å². The van der Waals surface area contributed by atoms with E-state index in [9.17, 15) is 14.4 Å². The van der Waals surface area contributed by atoms with Crippen LogP contribution in [0.15, 0.2) is 18.2 Å². The number of amides is 3. The van der Waals surface area contributed by atoms with Gasteiger partial charge in [-0.2, -0.15) is 0 Å². The number of hydrogen-bond acceptors (Lipinski definition) is 3. The zero-order valence-electron chi connectivity index (χ0n) is 16.3. The van der Waals surface area contributed by atoms with Crippen LogP contribution in [0.4, 0.5) is 5.69 Å². The lowest BCUT2D eigenvalue weighted by Crippen LogP contribution is -2.59. The van der Waals surface area contributed by atoms with Gasteiger partial charge >= 0.3 is 0 Å². The SMILES string of the molecule is Cc1ccc(C)c(NC(=O)CCN2C(=O)C3CCC(C)(C2=O)C3(C)C)c1. The average molecular weight is 356 g/mol. The minimum atomic E-state index is -0.519. The Morgan fingerprint density at radius 3 is 2.62 bits per heavy atom. The average Bonchev–Trinajstić information content (AvgIpc) is 2.75. The van der Waals surface area contributed by atoms with Crippen LogP contribution in [-0.2, 0) is 14.4 Å². The molecule has 2 unspecified atom stereocenters. The van der Waals surface area contributed by atoms with Gasteiger partial charge in [-0.25, -0.2) is 0 Å². The first-order valence-electron chi connectivity index (χ1n) is 9.31. The third-order valence-corrected chi connectivity index (χ3v) is 6.74. The van der Waals surface area contributed by atoms with E-state index in [1.54, 1.807) is 0 Å². The fraction of sp³-hybridized carbons (Fsp3) is 0.571. The van der Waals surface area contributed by atoms with E-state index < -0.39 is 5.41 Å². The van der Waals surface area contributed by atoms with Crippen LogP contribution in [-0.4, -0.2) is 29.2 Å². The highest BCUT2D eigenvalue weighted by Gasteiger charge is 2.64. The molecular weight excluding hydrogens is 328 g/mol. The number of piperidine rings is 1. The van der Waals surface area contributed by atoms with Crippen molar-refractivity contribution in [1.82, 2.24) is 4.90 Å². The first-order chi connectivity index (χ1) is 12.1. The third kappa shape index (κ3) is 2.74. The summed E-state index contributed by atoms with van der Waals surface area (Å²) in [5.74, 6) is -0.552. The van der Waals surface area contributed by atoms with Crippen molar-refractivity contribution in [3.8, 4) is 0 Å². The Labute approximate surface area is 155 Å². The van der Waals surface area contributed by atoms with Gasteiger partial charge < -0.3 is 5.32 Å². The van der Waals surface area contributed by atoms with E-state index in [4.69, 9.17) is 0 Å². The van der Waals surface area contributed by atoms with Gasteiger partial charge in [0.2, 0.25) is 17.7 Å². The van der Waals surface area contributed by atoms with E-state index >= 15 is 0 Å². The van der Waals surface area contributed by atoms with Crippen molar-refractivity contribution < 1.29 is 14.4 Å². The Bertz CT molecular complexity index is 783. The molecule has 1 saturated carbocycles. The number of likely N-dealkylation sites (tertiary alicyclic amines) is 1. The van der Waals surface area contributed by atoms with Crippen LogP contribution < -0.4 is 5.32 Å². The highest BCUT2D eigenvalue weighted by Crippen LogP contribution is 2.60. The van der Waals surface area contributed by atoms with E-state index in [1.807, 2.05) is 52.8 Å². The number of carbonyl (C=O) groups is 3. The number of nitrogens with one attached hydrogen (secondary N) is 1. The van der Waals surface area contributed by atoms with E-state index in [0.717, 1.165) is 29.7 Å². The first kappa shape index (κ1) is 18.6. The summed E-state index contributed by atoms with van der Waals surface area (Å²) in [5.41, 5.74) is 1.99. The molecule has 2 atom stereocenters. The fourth-order valence-electron chi connectivity index (χ4n) is 4.41. The van der Waals surface area contributed by atoms with Gasteiger partial charge in [-0.15, -0.1) is 0 Å². The van der Waals surface area contributed by atoms with Gasteiger partial charge in [0.15, 0.2) is 0 Å². The molecule has 3 rings (SSSR count). The maximum absolute atomic E-state index is 13.0. The van der Waals surface area contributed by atoms with Crippen molar-refractivity contribution in [2.75, 3.05) is 11.9 Å². The molecule has 1 heterocycles. The minimum Gasteiger partial charge on any atom is -0.326 e. The highest BCUT2D eigenvalue weighted by atomic mass is 16.2. The Balaban J connectivity index is 1.68. The third-order valence-electron chi connectivity index (χ3n) is 6.74. The van der Waals surface area contributed by atoms with Gasteiger partial charge in [-0.3, -0.25) is 19.3 Å². The number of rotatable bonds is 4. The van der Waals surface area contributed by atoms with Crippen molar-refractivity contribution in [1.29, 1.82) is 0 Å². The summed E-state index contributed by atoms with van der Waals surface area (Å²) in [6.07, 6.45) is 1.60. The predicted octanol–water partition coefficient (Wildman–Crippen LogP) is 3.44.